The lowest BCUT2D eigenvalue weighted by atomic mass is 10.2. The van der Waals surface area contributed by atoms with Crippen LogP contribution in [0.2, 0.25) is 5.15 Å². The quantitative estimate of drug-likeness (QED) is 0.844. The van der Waals surface area contributed by atoms with Gasteiger partial charge in [0.25, 0.3) is 0 Å². The average Bonchev–Trinajstić information content (AvgIpc) is 2.42. The molecule has 1 heterocycles. The zero-order valence-electron chi connectivity index (χ0n) is 7.47. The van der Waals surface area contributed by atoms with Crippen molar-refractivity contribution < 1.29 is 0 Å². The van der Waals surface area contributed by atoms with Crippen LogP contribution in [0.5, 0.6) is 0 Å². The summed E-state index contributed by atoms with van der Waals surface area (Å²) in [7, 11) is 0. The Kier molecular flexibility index (Phi) is 3.52. The van der Waals surface area contributed by atoms with Gasteiger partial charge in [0.15, 0.2) is 5.15 Å². The maximum absolute atomic E-state index is 8.75. The maximum Gasteiger partial charge on any atom is 0.162 e. The number of nitriles is 1. The average molecular weight is 216 g/mol. The standard InChI is InChI=1S/C8H10ClN3S/c1-5(2)4-11-8-6(3-10)7(9)12-13-8/h5,11H,4H2,1-2H3. The van der Waals surface area contributed by atoms with E-state index < -0.39 is 0 Å². The van der Waals surface area contributed by atoms with E-state index in [1.54, 1.807) is 0 Å². The summed E-state index contributed by atoms with van der Waals surface area (Å²) in [5.41, 5.74) is 0.451. The van der Waals surface area contributed by atoms with Crippen LogP contribution < -0.4 is 5.32 Å². The first-order valence-corrected chi connectivity index (χ1v) is 5.09. The van der Waals surface area contributed by atoms with Crippen molar-refractivity contribution in [3.8, 4) is 6.07 Å². The number of rotatable bonds is 3. The fourth-order valence-electron chi connectivity index (χ4n) is 0.785. The highest BCUT2D eigenvalue weighted by molar-refractivity contribution is 7.10. The van der Waals surface area contributed by atoms with Crippen molar-refractivity contribution in [2.45, 2.75) is 13.8 Å². The molecule has 0 aliphatic carbocycles. The largest absolute Gasteiger partial charge is 0.374 e. The van der Waals surface area contributed by atoms with Gasteiger partial charge in [0, 0.05) is 6.54 Å². The molecule has 1 N–H and O–H groups in total. The minimum Gasteiger partial charge on any atom is -0.374 e. The molecule has 13 heavy (non-hydrogen) atoms. The van der Waals surface area contributed by atoms with Gasteiger partial charge in [-0.2, -0.15) is 9.64 Å². The van der Waals surface area contributed by atoms with E-state index in [1.165, 1.54) is 11.5 Å². The zero-order valence-corrected chi connectivity index (χ0v) is 9.04. The molecule has 1 aromatic heterocycles. The SMILES string of the molecule is CC(C)CNc1snc(Cl)c1C#N. The molecule has 0 saturated heterocycles. The van der Waals surface area contributed by atoms with Crippen molar-refractivity contribution in [1.82, 2.24) is 4.37 Å². The molecule has 0 atom stereocenters. The Bertz CT molecular complexity index is 327. The predicted molar refractivity (Wildman–Crippen MR) is 55.2 cm³/mol. The van der Waals surface area contributed by atoms with Gasteiger partial charge >= 0.3 is 0 Å². The van der Waals surface area contributed by atoms with Crippen LogP contribution in [0.15, 0.2) is 0 Å². The van der Waals surface area contributed by atoms with Crippen LogP contribution in [0.25, 0.3) is 0 Å². The van der Waals surface area contributed by atoms with Gasteiger partial charge in [-0.05, 0) is 17.5 Å². The van der Waals surface area contributed by atoms with Gasteiger partial charge in [0.1, 0.15) is 16.6 Å². The van der Waals surface area contributed by atoms with E-state index in [0.717, 1.165) is 11.5 Å². The molecule has 0 spiro atoms. The Morgan fingerprint density at radius 1 is 1.69 bits per heavy atom. The molecule has 0 aromatic carbocycles. The number of nitrogens with zero attached hydrogens (tertiary/aromatic N) is 2. The smallest absolute Gasteiger partial charge is 0.162 e. The van der Waals surface area contributed by atoms with Crippen LogP contribution in [0.1, 0.15) is 19.4 Å². The summed E-state index contributed by atoms with van der Waals surface area (Å²) in [6.45, 7) is 5.02. The Morgan fingerprint density at radius 3 is 2.92 bits per heavy atom. The first kappa shape index (κ1) is 10.3. The van der Waals surface area contributed by atoms with Gasteiger partial charge < -0.3 is 5.32 Å². The number of halogens is 1. The fourth-order valence-corrected chi connectivity index (χ4v) is 1.73. The Morgan fingerprint density at radius 2 is 2.38 bits per heavy atom. The van der Waals surface area contributed by atoms with E-state index in [9.17, 15) is 0 Å². The molecule has 1 rings (SSSR count). The van der Waals surface area contributed by atoms with E-state index in [-0.39, 0.29) is 0 Å². The lowest BCUT2D eigenvalue weighted by molar-refractivity contribution is 0.690. The number of nitrogens with one attached hydrogen (secondary N) is 1. The minimum atomic E-state index is 0.291. The number of anilines is 1. The number of hydrogen-bond donors (Lipinski definition) is 1. The molecule has 3 nitrogen and oxygen atoms in total. The lowest BCUT2D eigenvalue weighted by Gasteiger charge is -2.05. The summed E-state index contributed by atoms with van der Waals surface area (Å²) in [5, 5.41) is 12.9. The van der Waals surface area contributed by atoms with Crippen molar-refractivity contribution in [3.05, 3.63) is 10.7 Å². The van der Waals surface area contributed by atoms with E-state index in [1.807, 2.05) is 6.07 Å². The number of aromatic nitrogens is 1. The van der Waals surface area contributed by atoms with E-state index in [2.05, 4.69) is 23.5 Å². The third kappa shape index (κ3) is 2.58. The van der Waals surface area contributed by atoms with Crippen LogP contribution in [0.4, 0.5) is 5.00 Å². The van der Waals surface area contributed by atoms with Gasteiger partial charge in [0.2, 0.25) is 0 Å². The molecule has 0 fully saturated rings. The zero-order chi connectivity index (χ0) is 9.84. The van der Waals surface area contributed by atoms with E-state index >= 15 is 0 Å². The van der Waals surface area contributed by atoms with Crippen molar-refractivity contribution in [3.63, 3.8) is 0 Å². The Hall–Kier alpha value is -0.790. The highest BCUT2D eigenvalue weighted by Crippen LogP contribution is 2.27. The molecule has 0 bridgehead atoms. The third-order valence-electron chi connectivity index (χ3n) is 1.43. The fraction of sp³-hybridized carbons (Fsp3) is 0.500. The molecule has 0 aliphatic rings. The van der Waals surface area contributed by atoms with Crippen LogP contribution in [-0.2, 0) is 0 Å². The molecular formula is C8H10ClN3S. The molecule has 70 valence electrons. The Balaban J connectivity index is 2.73. The highest BCUT2D eigenvalue weighted by atomic mass is 35.5. The van der Waals surface area contributed by atoms with Gasteiger partial charge in [-0.25, -0.2) is 0 Å². The molecule has 0 radical (unpaired) electrons. The topological polar surface area (TPSA) is 48.7 Å². The summed E-state index contributed by atoms with van der Waals surface area (Å²) in [4.78, 5) is 0. The summed E-state index contributed by atoms with van der Waals surface area (Å²) >= 11 is 6.92. The van der Waals surface area contributed by atoms with E-state index in [0.29, 0.717) is 16.6 Å². The summed E-state index contributed by atoms with van der Waals surface area (Å²) in [6, 6.07) is 2.02. The molecule has 0 amide bonds. The van der Waals surface area contributed by atoms with Crippen molar-refractivity contribution in [1.29, 1.82) is 5.26 Å². The molecule has 0 aliphatic heterocycles. The molecule has 1 aromatic rings. The van der Waals surface area contributed by atoms with Crippen LogP contribution in [0, 0.1) is 17.2 Å². The first-order valence-electron chi connectivity index (χ1n) is 3.94. The monoisotopic (exact) mass is 215 g/mol. The predicted octanol–water partition coefficient (Wildman–Crippen LogP) is 2.74. The first-order chi connectivity index (χ1) is 6.15. The van der Waals surface area contributed by atoms with E-state index in [4.69, 9.17) is 16.9 Å². The third-order valence-corrected chi connectivity index (χ3v) is 2.61. The molecule has 5 heteroatoms. The normalized spacial score (nSPS) is 10.1. The van der Waals surface area contributed by atoms with Gasteiger partial charge in [0.05, 0.1) is 0 Å². The van der Waals surface area contributed by atoms with Crippen molar-refractivity contribution in [2.75, 3.05) is 11.9 Å². The highest BCUT2D eigenvalue weighted by Gasteiger charge is 2.10. The van der Waals surface area contributed by atoms with Crippen LogP contribution in [-0.4, -0.2) is 10.9 Å². The Labute approximate surface area is 86.5 Å². The van der Waals surface area contributed by atoms with Crippen molar-refractivity contribution in [2.24, 2.45) is 5.92 Å². The maximum atomic E-state index is 8.75. The summed E-state index contributed by atoms with van der Waals surface area (Å²) < 4.78 is 3.89. The molecule has 0 unspecified atom stereocenters. The molecule has 0 saturated carbocycles. The molecular weight excluding hydrogens is 206 g/mol. The van der Waals surface area contributed by atoms with Crippen LogP contribution in [0.3, 0.4) is 0 Å². The minimum absolute atomic E-state index is 0.291. The summed E-state index contributed by atoms with van der Waals surface area (Å²) in [5.74, 6) is 0.535. The van der Waals surface area contributed by atoms with Gasteiger partial charge in [-0.15, -0.1) is 0 Å². The second kappa shape index (κ2) is 4.45. The van der Waals surface area contributed by atoms with Crippen LogP contribution >= 0.6 is 23.1 Å². The van der Waals surface area contributed by atoms with Crippen molar-refractivity contribution >= 4 is 28.1 Å². The second-order valence-electron chi connectivity index (χ2n) is 3.06. The van der Waals surface area contributed by atoms with Gasteiger partial charge in [-0.3, -0.25) is 0 Å². The summed E-state index contributed by atoms with van der Waals surface area (Å²) in [6.07, 6.45) is 0. The number of hydrogen-bond acceptors (Lipinski definition) is 4. The second-order valence-corrected chi connectivity index (χ2v) is 4.20. The lowest BCUT2D eigenvalue weighted by Crippen LogP contribution is -2.07. The van der Waals surface area contributed by atoms with Gasteiger partial charge in [-0.1, -0.05) is 25.4 Å².